The molecule has 0 bridgehead atoms. The molecule has 2 amide bonds. The van der Waals surface area contributed by atoms with Gasteiger partial charge in [0.25, 0.3) is 0 Å². The first-order valence-corrected chi connectivity index (χ1v) is 6.64. The second-order valence-corrected chi connectivity index (χ2v) is 4.84. The van der Waals surface area contributed by atoms with Crippen LogP contribution < -0.4 is 5.32 Å². The Balaban J connectivity index is 1.85. The second kappa shape index (κ2) is 6.31. The molecule has 0 aromatic carbocycles. The molecular weight excluding hydrogens is 242 g/mol. The zero-order chi connectivity index (χ0) is 13.7. The molecule has 1 atom stereocenters. The van der Waals surface area contributed by atoms with Crippen molar-refractivity contribution in [1.29, 1.82) is 0 Å². The van der Waals surface area contributed by atoms with Crippen molar-refractivity contribution in [2.24, 2.45) is 0 Å². The summed E-state index contributed by atoms with van der Waals surface area (Å²) in [7, 11) is 0. The van der Waals surface area contributed by atoms with Crippen LogP contribution in [0.5, 0.6) is 0 Å². The first kappa shape index (κ1) is 13.5. The number of hydrogen-bond acceptors (Lipinski definition) is 3. The minimum absolute atomic E-state index is 0.0737. The van der Waals surface area contributed by atoms with Crippen LogP contribution in [0.3, 0.4) is 0 Å². The Bertz CT molecular complexity index is 447. The normalized spacial score (nSPS) is 17.1. The van der Waals surface area contributed by atoms with Crippen molar-refractivity contribution >= 4 is 11.8 Å². The molecule has 0 radical (unpaired) electrons. The van der Waals surface area contributed by atoms with Crippen molar-refractivity contribution in [2.75, 3.05) is 13.1 Å². The van der Waals surface area contributed by atoms with Crippen molar-refractivity contribution in [3.63, 3.8) is 0 Å². The van der Waals surface area contributed by atoms with Gasteiger partial charge in [0.15, 0.2) is 0 Å². The van der Waals surface area contributed by atoms with Gasteiger partial charge >= 0.3 is 0 Å². The summed E-state index contributed by atoms with van der Waals surface area (Å²) in [6.45, 7) is 2.77. The van der Waals surface area contributed by atoms with E-state index in [0.717, 1.165) is 18.4 Å². The molecule has 5 heteroatoms. The number of nitrogens with one attached hydrogen (secondary N) is 1. The van der Waals surface area contributed by atoms with Crippen molar-refractivity contribution in [1.82, 2.24) is 15.2 Å². The Labute approximate surface area is 113 Å². The largest absolute Gasteiger partial charge is 0.348 e. The lowest BCUT2D eigenvalue weighted by Gasteiger charge is -2.26. The van der Waals surface area contributed by atoms with E-state index in [-0.39, 0.29) is 24.4 Å². The molecule has 1 saturated heterocycles. The van der Waals surface area contributed by atoms with E-state index < -0.39 is 0 Å². The maximum atomic E-state index is 11.9. The summed E-state index contributed by atoms with van der Waals surface area (Å²) >= 11 is 0. The maximum absolute atomic E-state index is 11.9. The van der Waals surface area contributed by atoms with Crippen LogP contribution in [0.2, 0.25) is 0 Å². The number of pyridine rings is 1. The Morgan fingerprint density at radius 1 is 1.42 bits per heavy atom. The minimum Gasteiger partial charge on any atom is -0.348 e. The van der Waals surface area contributed by atoms with E-state index in [2.05, 4.69) is 10.3 Å². The Hall–Kier alpha value is -1.91. The first-order valence-electron chi connectivity index (χ1n) is 6.64. The topological polar surface area (TPSA) is 62.3 Å². The molecule has 2 heterocycles. The third-order valence-corrected chi connectivity index (χ3v) is 3.34. The van der Waals surface area contributed by atoms with Crippen LogP contribution >= 0.6 is 0 Å². The number of nitrogens with zero attached hydrogens (tertiary/aromatic N) is 2. The molecule has 5 nitrogen and oxygen atoms in total. The van der Waals surface area contributed by atoms with Crippen molar-refractivity contribution < 1.29 is 9.59 Å². The van der Waals surface area contributed by atoms with Gasteiger partial charge in [-0.15, -0.1) is 0 Å². The predicted molar refractivity (Wildman–Crippen MR) is 71.2 cm³/mol. The fraction of sp³-hybridized carbons (Fsp3) is 0.500. The number of amides is 2. The van der Waals surface area contributed by atoms with Gasteiger partial charge in [0, 0.05) is 25.4 Å². The molecule has 1 fully saturated rings. The van der Waals surface area contributed by atoms with Crippen LogP contribution in [-0.2, 0) is 9.59 Å². The van der Waals surface area contributed by atoms with Gasteiger partial charge in [0.1, 0.15) is 0 Å². The molecule has 0 spiro atoms. The number of carbonyl (C=O) groups is 2. The van der Waals surface area contributed by atoms with Gasteiger partial charge in [-0.05, 0) is 37.5 Å². The summed E-state index contributed by atoms with van der Waals surface area (Å²) in [5, 5.41) is 2.90. The minimum atomic E-state index is -0.112. The van der Waals surface area contributed by atoms with E-state index in [1.54, 1.807) is 17.3 Å². The zero-order valence-corrected chi connectivity index (χ0v) is 11.1. The summed E-state index contributed by atoms with van der Waals surface area (Å²) in [6.07, 6.45) is 5.88. The van der Waals surface area contributed by atoms with Crippen molar-refractivity contribution in [2.45, 2.75) is 32.2 Å². The van der Waals surface area contributed by atoms with Crippen LogP contribution in [0.4, 0.5) is 0 Å². The molecule has 1 N–H and O–H groups in total. The fourth-order valence-corrected chi connectivity index (χ4v) is 2.22. The van der Waals surface area contributed by atoms with Gasteiger partial charge < -0.3 is 10.2 Å². The fourth-order valence-electron chi connectivity index (χ4n) is 2.22. The van der Waals surface area contributed by atoms with E-state index >= 15 is 0 Å². The molecule has 19 heavy (non-hydrogen) atoms. The van der Waals surface area contributed by atoms with E-state index in [1.165, 1.54) is 0 Å². The highest BCUT2D eigenvalue weighted by molar-refractivity contribution is 5.85. The average molecular weight is 261 g/mol. The monoisotopic (exact) mass is 261 g/mol. The quantitative estimate of drug-likeness (QED) is 0.888. The summed E-state index contributed by atoms with van der Waals surface area (Å²) in [4.78, 5) is 29.1. The number of carbonyl (C=O) groups excluding carboxylic acids is 2. The number of aromatic nitrogens is 1. The summed E-state index contributed by atoms with van der Waals surface area (Å²) in [5.41, 5.74) is 1.01. The van der Waals surface area contributed by atoms with Gasteiger partial charge in [-0.2, -0.15) is 0 Å². The molecule has 1 aromatic heterocycles. The lowest BCUT2D eigenvalue weighted by atomic mass is 10.1. The number of hydrogen-bond donors (Lipinski definition) is 1. The molecule has 2 rings (SSSR count). The molecule has 102 valence electrons. The average Bonchev–Trinajstić information content (AvgIpc) is 2.42. The molecule has 0 aliphatic carbocycles. The summed E-state index contributed by atoms with van der Waals surface area (Å²) in [5.74, 6) is -0.0301. The number of likely N-dealkylation sites (tertiary alicyclic amines) is 1. The van der Waals surface area contributed by atoms with Gasteiger partial charge in [-0.3, -0.25) is 14.6 Å². The lowest BCUT2D eigenvalue weighted by Crippen LogP contribution is -2.43. The highest BCUT2D eigenvalue weighted by Crippen LogP contribution is 2.12. The highest BCUT2D eigenvalue weighted by atomic mass is 16.2. The highest BCUT2D eigenvalue weighted by Gasteiger charge is 2.21. The van der Waals surface area contributed by atoms with Crippen LogP contribution in [0, 0.1) is 0 Å². The third kappa shape index (κ3) is 3.77. The Morgan fingerprint density at radius 3 is 2.84 bits per heavy atom. The number of rotatable bonds is 4. The number of piperidine rings is 1. The smallest absolute Gasteiger partial charge is 0.240 e. The molecule has 0 saturated carbocycles. The molecule has 1 aliphatic heterocycles. The molecule has 1 unspecified atom stereocenters. The predicted octanol–water partition coefficient (Wildman–Crippen LogP) is 1.27. The Morgan fingerprint density at radius 2 is 2.16 bits per heavy atom. The van der Waals surface area contributed by atoms with Crippen molar-refractivity contribution in [3.05, 3.63) is 30.1 Å². The van der Waals surface area contributed by atoms with Crippen LogP contribution in [-0.4, -0.2) is 34.8 Å². The van der Waals surface area contributed by atoms with Gasteiger partial charge in [0.05, 0.1) is 12.6 Å². The summed E-state index contributed by atoms with van der Waals surface area (Å²) in [6, 6.07) is 3.67. The van der Waals surface area contributed by atoms with Gasteiger partial charge in [-0.25, -0.2) is 0 Å². The maximum Gasteiger partial charge on any atom is 0.240 e. The standard InChI is InChI=1S/C14H19N3O2/c1-11(12-5-7-15-8-6-12)16-13(18)10-17-9-3-2-4-14(17)19/h5-8,11H,2-4,9-10H2,1H3,(H,16,18). The molecular formula is C14H19N3O2. The van der Waals surface area contributed by atoms with E-state index in [4.69, 9.17) is 0 Å². The first-order chi connectivity index (χ1) is 9.16. The van der Waals surface area contributed by atoms with Crippen LogP contribution in [0.15, 0.2) is 24.5 Å². The SMILES string of the molecule is CC(NC(=O)CN1CCCCC1=O)c1ccncc1. The summed E-state index contributed by atoms with van der Waals surface area (Å²) < 4.78 is 0. The van der Waals surface area contributed by atoms with Crippen molar-refractivity contribution in [3.8, 4) is 0 Å². The second-order valence-electron chi connectivity index (χ2n) is 4.84. The van der Waals surface area contributed by atoms with E-state index in [1.807, 2.05) is 19.1 Å². The van der Waals surface area contributed by atoms with Crippen LogP contribution in [0.1, 0.15) is 37.8 Å². The third-order valence-electron chi connectivity index (χ3n) is 3.34. The van der Waals surface area contributed by atoms with Crippen LogP contribution in [0.25, 0.3) is 0 Å². The van der Waals surface area contributed by atoms with Gasteiger partial charge in [-0.1, -0.05) is 0 Å². The van der Waals surface area contributed by atoms with E-state index in [9.17, 15) is 9.59 Å². The van der Waals surface area contributed by atoms with E-state index in [0.29, 0.717) is 13.0 Å². The molecule has 1 aromatic rings. The zero-order valence-electron chi connectivity index (χ0n) is 11.1. The Kier molecular flexibility index (Phi) is 4.49. The molecule has 1 aliphatic rings. The van der Waals surface area contributed by atoms with Gasteiger partial charge in [0.2, 0.25) is 11.8 Å². The lowest BCUT2D eigenvalue weighted by molar-refractivity contribution is -0.138.